The van der Waals surface area contributed by atoms with E-state index in [4.69, 9.17) is 9.47 Å². The van der Waals surface area contributed by atoms with Crippen molar-refractivity contribution in [1.82, 2.24) is 10.2 Å². The first-order valence-electron chi connectivity index (χ1n) is 9.62. The smallest absolute Gasteiger partial charge is 0.194 e. The van der Waals surface area contributed by atoms with Gasteiger partial charge in [-0.15, -0.1) is 24.0 Å². The zero-order valence-electron chi connectivity index (χ0n) is 17.9. The quantitative estimate of drug-likeness (QED) is 0.294. The van der Waals surface area contributed by atoms with E-state index in [1.165, 1.54) is 13.2 Å². The summed E-state index contributed by atoms with van der Waals surface area (Å²) in [5, 5.41) is 13.4. The maximum absolute atomic E-state index is 13.9. The first kappa shape index (κ1) is 26.0. The number of rotatable bonds is 9. The molecule has 8 heteroatoms. The van der Waals surface area contributed by atoms with Crippen LogP contribution < -0.4 is 14.8 Å². The topological polar surface area (TPSA) is 66.3 Å². The zero-order valence-corrected chi connectivity index (χ0v) is 20.2. The van der Waals surface area contributed by atoms with Crippen molar-refractivity contribution in [3.05, 3.63) is 59.4 Å². The van der Waals surface area contributed by atoms with Gasteiger partial charge in [-0.1, -0.05) is 18.2 Å². The normalized spacial score (nSPS) is 12.0. The van der Waals surface area contributed by atoms with Crippen LogP contribution in [0.15, 0.2) is 47.5 Å². The fourth-order valence-corrected chi connectivity index (χ4v) is 2.77. The Balaban J connectivity index is 0.00000450. The summed E-state index contributed by atoms with van der Waals surface area (Å²) in [7, 11) is 3.30. The Morgan fingerprint density at radius 2 is 2.03 bits per heavy atom. The third-order valence-electron chi connectivity index (χ3n) is 4.22. The summed E-state index contributed by atoms with van der Waals surface area (Å²) in [5.41, 5.74) is 1.89. The van der Waals surface area contributed by atoms with E-state index in [0.29, 0.717) is 19.0 Å². The Bertz CT molecular complexity index is 820. The lowest BCUT2D eigenvalue weighted by molar-refractivity contribution is 0.114. The average molecular weight is 531 g/mol. The van der Waals surface area contributed by atoms with E-state index >= 15 is 0 Å². The fourth-order valence-electron chi connectivity index (χ4n) is 2.77. The highest BCUT2D eigenvalue weighted by atomic mass is 127. The molecule has 0 fully saturated rings. The monoisotopic (exact) mass is 531 g/mol. The predicted octanol–water partition coefficient (Wildman–Crippen LogP) is 3.60. The lowest BCUT2D eigenvalue weighted by Crippen LogP contribution is -2.39. The second-order valence-corrected chi connectivity index (χ2v) is 6.80. The van der Waals surface area contributed by atoms with Crippen LogP contribution in [0.4, 0.5) is 4.39 Å². The largest absolute Gasteiger partial charge is 0.494 e. The Hall–Kier alpha value is -2.07. The number of hydrogen-bond acceptors (Lipinski definition) is 4. The van der Waals surface area contributed by atoms with E-state index in [1.54, 1.807) is 6.07 Å². The third-order valence-corrected chi connectivity index (χ3v) is 4.22. The molecule has 0 spiro atoms. The van der Waals surface area contributed by atoms with Crippen LogP contribution in [0.5, 0.6) is 11.5 Å². The molecule has 2 rings (SSSR count). The zero-order chi connectivity index (χ0) is 21.2. The van der Waals surface area contributed by atoms with Crippen molar-refractivity contribution in [1.29, 1.82) is 0 Å². The van der Waals surface area contributed by atoms with Crippen LogP contribution in [0.25, 0.3) is 0 Å². The molecule has 0 aliphatic heterocycles. The van der Waals surface area contributed by atoms with Gasteiger partial charge in [-0.2, -0.15) is 0 Å². The first-order valence-corrected chi connectivity index (χ1v) is 9.62. The van der Waals surface area contributed by atoms with Crippen molar-refractivity contribution in [3.8, 4) is 11.5 Å². The second kappa shape index (κ2) is 13.3. The van der Waals surface area contributed by atoms with Gasteiger partial charge in [0.2, 0.25) is 0 Å². The summed E-state index contributed by atoms with van der Waals surface area (Å²) in [6.07, 6.45) is -0.740. The molecule has 0 bridgehead atoms. The molecule has 1 unspecified atom stereocenters. The minimum Gasteiger partial charge on any atom is -0.494 e. The summed E-state index contributed by atoms with van der Waals surface area (Å²) in [6.45, 7) is 5.43. The molecule has 0 saturated carbocycles. The highest BCUT2D eigenvalue weighted by molar-refractivity contribution is 14.0. The maximum Gasteiger partial charge on any atom is 0.194 e. The maximum atomic E-state index is 13.9. The summed E-state index contributed by atoms with van der Waals surface area (Å²) < 4.78 is 24.5. The molecule has 0 aliphatic rings. The fraction of sp³-hybridized carbons (Fsp3) is 0.409. The molecular formula is C22H31FIN3O3. The van der Waals surface area contributed by atoms with Crippen LogP contribution in [0.1, 0.15) is 18.1 Å². The number of nitrogens with zero attached hydrogens (tertiary/aromatic N) is 2. The van der Waals surface area contributed by atoms with Gasteiger partial charge in [0.15, 0.2) is 17.5 Å². The van der Waals surface area contributed by atoms with E-state index in [1.807, 2.05) is 56.1 Å². The van der Waals surface area contributed by atoms with Crippen LogP contribution in [0.3, 0.4) is 0 Å². The third kappa shape index (κ3) is 8.35. The van der Waals surface area contributed by atoms with Crippen LogP contribution >= 0.6 is 24.0 Å². The minimum absolute atomic E-state index is 0. The van der Waals surface area contributed by atoms with Gasteiger partial charge in [0.05, 0.1) is 13.7 Å². The molecule has 0 radical (unpaired) electrons. The van der Waals surface area contributed by atoms with Gasteiger partial charge in [0, 0.05) is 20.1 Å². The Labute approximate surface area is 195 Å². The Morgan fingerprint density at radius 3 is 2.67 bits per heavy atom. The molecule has 1 atom stereocenters. The van der Waals surface area contributed by atoms with Crippen molar-refractivity contribution in [3.63, 3.8) is 0 Å². The van der Waals surface area contributed by atoms with Crippen LogP contribution in [-0.2, 0) is 6.54 Å². The minimum atomic E-state index is -0.740. The molecule has 30 heavy (non-hydrogen) atoms. The Kier molecular flexibility index (Phi) is 11.5. The van der Waals surface area contributed by atoms with Gasteiger partial charge in [-0.3, -0.25) is 4.99 Å². The number of methoxy groups -OCH3 is 1. The first-order chi connectivity index (χ1) is 13.9. The van der Waals surface area contributed by atoms with Gasteiger partial charge in [0.25, 0.3) is 0 Å². The van der Waals surface area contributed by atoms with E-state index in [9.17, 15) is 9.50 Å². The highest BCUT2D eigenvalue weighted by Crippen LogP contribution is 2.18. The molecule has 2 aromatic rings. The number of aliphatic imine (C=N–C) groups is 1. The molecule has 2 aromatic carbocycles. The molecule has 0 aromatic heterocycles. The number of aryl methyl sites for hydroxylation is 1. The SMILES string of the molecule is CCNC(=NCC(O)COc1cccc(C)c1)N(C)Cc1ccc(OC)c(F)c1.I. The number of guanidine groups is 1. The lowest BCUT2D eigenvalue weighted by atomic mass is 10.2. The van der Waals surface area contributed by atoms with Crippen molar-refractivity contribution in [2.24, 2.45) is 4.99 Å². The van der Waals surface area contributed by atoms with Crippen molar-refractivity contribution in [2.45, 2.75) is 26.5 Å². The van der Waals surface area contributed by atoms with E-state index in [-0.39, 0.29) is 42.9 Å². The number of benzene rings is 2. The van der Waals surface area contributed by atoms with Crippen molar-refractivity contribution in [2.75, 3.05) is 33.9 Å². The highest BCUT2D eigenvalue weighted by Gasteiger charge is 2.11. The van der Waals surface area contributed by atoms with Gasteiger partial charge >= 0.3 is 0 Å². The van der Waals surface area contributed by atoms with E-state index in [0.717, 1.165) is 16.9 Å². The standard InChI is InChI=1S/C22H30FN3O3.HI/c1-5-24-22(26(3)14-17-9-10-21(28-4)20(23)12-17)25-13-18(27)15-29-19-8-6-7-16(2)11-19;/h6-12,18,27H,5,13-15H2,1-4H3,(H,24,25);1H. The van der Waals surface area contributed by atoms with Crippen LogP contribution in [-0.4, -0.2) is 55.9 Å². The lowest BCUT2D eigenvalue weighted by Gasteiger charge is -2.23. The van der Waals surface area contributed by atoms with Gasteiger partial charge in [-0.05, 0) is 49.2 Å². The molecule has 0 aliphatic carbocycles. The van der Waals surface area contributed by atoms with Crippen LogP contribution in [0, 0.1) is 12.7 Å². The summed E-state index contributed by atoms with van der Waals surface area (Å²) in [6, 6.07) is 12.5. The summed E-state index contributed by atoms with van der Waals surface area (Å²) in [5.74, 6) is 1.16. The number of aliphatic hydroxyl groups is 1. The molecule has 166 valence electrons. The Morgan fingerprint density at radius 1 is 1.27 bits per heavy atom. The van der Waals surface area contributed by atoms with Crippen LogP contribution in [0.2, 0.25) is 0 Å². The molecule has 6 nitrogen and oxygen atoms in total. The second-order valence-electron chi connectivity index (χ2n) is 6.80. The van der Waals surface area contributed by atoms with Gasteiger partial charge in [-0.25, -0.2) is 4.39 Å². The number of hydrogen-bond donors (Lipinski definition) is 2. The van der Waals surface area contributed by atoms with Crippen molar-refractivity contribution < 1.29 is 19.0 Å². The molecule has 2 N–H and O–H groups in total. The number of nitrogens with one attached hydrogen (secondary N) is 1. The van der Waals surface area contributed by atoms with E-state index in [2.05, 4.69) is 10.3 Å². The number of ether oxygens (including phenoxy) is 2. The van der Waals surface area contributed by atoms with E-state index < -0.39 is 11.9 Å². The van der Waals surface area contributed by atoms with Gasteiger partial charge < -0.3 is 24.8 Å². The number of halogens is 2. The van der Waals surface area contributed by atoms with Gasteiger partial charge in [0.1, 0.15) is 18.5 Å². The molecule has 0 amide bonds. The predicted molar refractivity (Wildman–Crippen MR) is 128 cm³/mol. The summed E-state index contributed by atoms with van der Waals surface area (Å²) >= 11 is 0. The number of aliphatic hydroxyl groups excluding tert-OH is 1. The molecule has 0 saturated heterocycles. The molecule has 0 heterocycles. The van der Waals surface area contributed by atoms with Crippen molar-refractivity contribution >= 4 is 29.9 Å². The summed E-state index contributed by atoms with van der Waals surface area (Å²) in [4.78, 5) is 6.35. The average Bonchev–Trinajstić information content (AvgIpc) is 2.69. The molecular weight excluding hydrogens is 500 g/mol.